The van der Waals surface area contributed by atoms with Crippen LogP contribution in [0.5, 0.6) is 0 Å². The van der Waals surface area contributed by atoms with E-state index in [1.807, 2.05) is 50.2 Å². The van der Waals surface area contributed by atoms with Crippen molar-refractivity contribution < 1.29 is 4.79 Å². The van der Waals surface area contributed by atoms with Crippen LogP contribution in [0.15, 0.2) is 54.6 Å². The van der Waals surface area contributed by atoms with Crippen LogP contribution >= 0.6 is 0 Å². The highest BCUT2D eigenvalue weighted by atomic mass is 16.1. The van der Waals surface area contributed by atoms with E-state index >= 15 is 0 Å². The first kappa shape index (κ1) is 18.0. The average Bonchev–Trinajstić information content (AvgIpc) is 2.92. The Kier molecular flexibility index (Phi) is 5.27. The van der Waals surface area contributed by atoms with Gasteiger partial charge in [-0.15, -0.1) is 0 Å². The lowest BCUT2D eigenvalue weighted by Gasteiger charge is -2.13. The molecule has 0 bridgehead atoms. The second-order valence-corrected chi connectivity index (χ2v) is 6.77. The van der Waals surface area contributed by atoms with Gasteiger partial charge in [-0.25, -0.2) is 0 Å². The SMILES string of the molecule is CCc1cccc(C)c1NC(=O)c1cc(C)n(Cc2ccccc2)c1C. The summed E-state index contributed by atoms with van der Waals surface area (Å²) in [6, 6.07) is 18.5. The maximum absolute atomic E-state index is 12.9. The lowest BCUT2D eigenvalue weighted by molar-refractivity contribution is 0.102. The highest BCUT2D eigenvalue weighted by Gasteiger charge is 2.17. The fraction of sp³-hybridized carbons (Fsp3) is 0.261. The standard InChI is InChI=1S/C23H26N2O/c1-5-20-13-9-10-16(2)22(20)24-23(26)21-14-17(3)25(18(21)4)15-19-11-7-6-8-12-19/h6-14H,5,15H2,1-4H3,(H,24,26). The van der Waals surface area contributed by atoms with Crippen molar-refractivity contribution in [1.82, 2.24) is 4.57 Å². The Morgan fingerprint density at radius 1 is 1.00 bits per heavy atom. The number of anilines is 1. The lowest BCUT2D eigenvalue weighted by Crippen LogP contribution is -2.15. The summed E-state index contributed by atoms with van der Waals surface area (Å²) in [5, 5.41) is 3.14. The summed E-state index contributed by atoms with van der Waals surface area (Å²) >= 11 is 0. The van der Waals surface area contributed by atoms with E-state index in [1.54, 1.807) is 0 Å². The molecule has 0 atom stereocenters. The molecule has 0 aliphatic heterocycles. The van der Waals surface area contributed by atoms with Crippen molar-refractivity contribution in [1.29, 1.82) is 0 Å². The van der Waals surface area contributed by atoms with E-state index in [4.69, 9.17) is 0 Å². The van der Waals surface area contributed by atoms with Crippen LogP contribution in [-0.2, 0) is 13.0 Å². The van der Waals surface area contributed by atoms with Crippen LogP contribution in [0.2, 0.25) is 0 Å². The molecule has 1 N–H and O–H groups in total. The van der Waals surface area contributed by atoms with Crippen LogP contribution in [0.3, 0.4) is 0 Å². The Bertz CT molecular complexity index is 923. The summed E-state index contributed by atoms with van der Waals surface area (Å²) in [6.45, 7) is 8.99. The fourth-order valence-corrected chi connectivity index (χ4v) is 3.42. The Morgan fingerprint density at radius 2 is 1.73 bits per heavy atom. The number of hydrogen-bond donors (Lipinski definition) is 1. The summed E-state index contributed by atoms with van der Waals surface area (Å²) < 4.78 is 2.20. The maximum Gasteiger partial charge on any atom is 0.257 e. The zero-order valence-corrected chi connectivity index (χ0v) is 16.0. The summed E-state index contributed by atoms with van der Waals surface area (Å²) in [5.74, 6) is -0.0404. The molecule has 2 aromatic carbocycles. The molecule has 1 heterocycles. The van der Waals surface area contributed by atoms with Crippen LogP contribution in [0, 0.1) is 20.8 Å². The fourth-order valence-electron chi connectivity index (χ4n) is 3.42. The zero-order chi connectivity index (χ0) is 18.7. The molecule has 0 saturated carbocycles. The normalized spacial score (nSPS) is 10.8. The molecular weight excluding hydrogens is 320 g/mol. The monoisotopic (exact) mass is 346 g/mol. The Balaban J connectivity index is 1.89. The molecule has 134 valence electrons. The molecule has 3 nitrogen and oxygen atoms in total. The van der Waals surface area contributed by atoms with E-state index < -0.39 is 0 Å². The highest BCUT2D eigenvalue weighted by Crippen LogP contribution is 2.24. The number of amides is 1. The molecule has 1 amide bonds. The molecule has 0 aliphatic carbocycles. The molecule has 3 rings (SSSR count). The van der Waals surface area contributed by atoms with Gasteiger partial charge in [-0.2, -0.15) is 0 Å². The summed E-state index contributed by atoms with van der Waals surface area (Å²) in [5.41, 5.74) is 7.25. The van der Waals surface area contributed by atoms with Crippen LogP contribution < -0.4 is 5.32 Å². The van der Waals surface area contributed by atoms with Gasteiger partial charge >= 0.3 is 0 Å². The molecule has 0 unspecified atom stereocenters. The third-order valence-electron chi connectivity index (χ3n) is 4.98. The van der Waals surface area contributed by atoms with Crippen LogP contribution in [-0.4, -0.2) is 10.5 Å². The van der Waals surface area contributed by atoms with Crippen molar-refractivity contribution in [2.24, 2.45) is 0 Å². The van der Waals surface area contributed by atoms with Gasteiger partial charge in [0.25, 0.3) is 5.91 Å². The Labute approximate surface area is 155 Å². The molecule has 0 aliphatic rings. The third kappa shape index (κ3) is 3.57. The van der Waals surface area contributed by atoms with Crippen molar-refractivity contribution >= 4 is 11.6 Å². The van der Waals surface area contributed by atoms with Gasteiger partial charge in [-0.3, -0.25) is 4.79 Å². The van der Waals surface area contributed by atoms with Gasteiger partial charge in [0.1, 0.15) is 0 Å². The topological polar surface area (TPSA) is 34.0 Å². The third-order valence-corrected chi connectivity index (χ3v) is 4.98. The van der Waals surface area contributed by atoms with E-state index in [0.29, 0.717) is 0 Å². The van der Waals surface area contributed by atoms with Gasteiger partial charge in [-0.05, 0) is 49.9 Å². The van der Waals surface area contributed by atoms with Gasteiger partial charge in [0.2, 0.25) is 0 Å². The molecule has 0 saturated heterocycles. The van der Waals surface area contributed by atoms with E-state index in [1.165, 1.54) is 5.56 Å². The zero-order valence-electron chi connectivity index (χ0n) is 16.0. The van der Waals surface area contributed by atoms with Crippen molar-refractivity contribution in [2.45, 2.75) is 40.7 Å². The van der Waals surface area contributed by atoms with Gasteiger partial charge in [-0.1, -0.05) is 55.5 Å². The average molecular weight is 346 g/mol. The first-order valence-electron chi connectivity index (χ1n) is 9.11. The van der Waals surface area contributed by atoms with Gasteiger partial charge in [0.15, 0.2) is 0 Å². The predicted molar refractivity (Wildman–Crippen MR) is 108 cm³/mol. The van der Waals surface area contributed by atoms with Crippen LogP contribution in [0.4, 0.5) is 5.69 Å². The number of nitrogens with one attached hydrogen (secondary N) is 1. The first-order chi connectivity index (χ1) is 12.5. The second-order valence-electron chi connectivity index (χ2n) is 6.77. The molecule has 3 aromatic rings. The number of nitrogens with zero attached hydrogens (tertiary/aromatic N) is 1. The predicted octanol–water partition coefficient (Wildman–Crippen LogP) is 5.28. The van der Waals surface area contributed by atoms with Crippen LogP contribution in [0.25, 0.3) is 0 Å². The van der Waals surface area contributed by atoms with Crippen molar-refractivity contribution in [3.8, 4) is 0 Å². The second kappa shape index (κ2) is 7.61. The van der Waals surface area contributed by atoms with Gasteiger partial charge < -0.3 is 9.88 Å². The quantitative estimate of drug-likeness (QED) is 0.670. The highest BCUT2D eigenvalue weighted by molar-refractivity contribution is 6.06. The molecular formula is C23H26N2O. The van der Waals surface area contributed by atoms with E-state index in [-0.39, 0.29) is 5.91 Å². The van der Waals surface area contributed by atoms with Crippen molar-refractivity contribution in [2.75, 3.05) is 5.32 Å². The number of aromatic nitrogens is 1. The van der Waals surface area contributed by atoms with E-state index in [0.717, 1.165) is 46.7 Å². The number of carbonyl (C=O) groups excluding carboxylic acids is 1. The summed E-state index contributed by atoms with van der Waals surface area (Å²) in [7, 11) is 0. The lowest BCUT2D eigenvalue weighted by atomic mass is 10.1. The largest absolute Gasteiger partial charge is 0.344 e. The minimum atomic E-state index is -0.0404. The van der Waals surface area contributed by atoms with Gasteiger partial charge in [0.05, 0.1) is 5.56 Å². The maximum atomic E-state index is 12.9. The summed E-state index contributed by atoms with van der Waals surface area (Å²) in [4.78, 5) is 12.9. The van der Waals surface area contributed by atoms with E-state index in [9.17, 15) is 4.79 Å². The molecule has 0 spiro atoms. The molecule has 0 fully saturated rings. The van der Waals surface area contributed by atoms with Crippen molar-refractivity contribution in [3.63, 3.8) is 0 Å². The molecule has 1 aromatic heterocycles. The number of rotatable bonds is 5. The van der Waals surface area contributed by atoms with E-state index in [2.05, 4.69) is 41.9 Å². The molecule has 26 heavy (non-hydrogen) atoms. The number of benzene rings is 2. The Morgan fingerprint density at radius 3 is 2.42 bits per heavy atom. The molecule has 3 heteroatoms. The smallest absolute Gasteiger partial charge is 0.257 e. The first-order valence-corrected chi connectivity index (χ1v) is 9.11. The van der Waals surface area contributed by atoms with Crippen molar-refractivity contribution in [3.05, 3.63) is 88.2 Å². The number of hydrogen-bond acceptors (Lipinski definition) is 1. The summed E-state index contributed by atoms with van der Waals surface area (Å²) in [6.07, 6.45) is 0.893. The minimum Gasteiger partial charge on any atom is -0.344 e. The number of carbonyl (C=O) groups is 1. The Hall–Kier alpha value is -2.81. The molecule has 0 radical (unpaired) electrons. The minimum absolute atomic E-state index is 0.0404. The van der Waals surface area contributed by atoms with Gasteiger partial charge in [0, 0.05) is 23.6 Å². The number of para-hydroxylation sites is 1. The van der Waals surface area contributed by atoms with Crippen LogP contribution in [0.1, 0.15) is 45.4 Å². The number of aryl methyl sites for hydroxylation is 3.